The summed E-state index contributed by atoms with van der Waals surface area (Å²) >= 11 is 0. The second kappa shape index (κ2) is 12.9. The first-order valence-electron chi connectivity index (χ1n) is 11.4. The predicted octanol–water partition coefficient (Wildman–Crippen LogP) is 6.05. The molecule has 0 N–H and O–H groups in total. The minimum Gasteiger partial charge on any atom is -0.353 e. The van der Waals surface area contributed by atoms with Crippen molar-refractivity contribution in [3.63, 3.8) is 0 Å². The molecular weight excluding hydrogens is 391 g/mol. The minimum absolute atomic E-state index is 0.0270. The Hall–Kier alpha value is -1.67. The number of unbranched alkanes of at least 4 members (excludes halogenated alkanes) is 3. The molecule has 1 aliphatic heterocycles. The summed E-state index contributed by atoms with van der Waals surface area (Å²) in [5, 5.41) is 1.92. The molecule has 1 atom stereocenters. The molecule has 0 radical (unpaired) electrons. The van der Waals surface area contributed by atoms with Crippen LogP contribution in [0.25, 0.3) is 0 Å². The number of hydrogen-bond donors (Lipinski definition) is 0. The van der Waals surface area contributed by atoms with Crippen LogP contribution in [0.2, 0.25) is 0 Å². The fourth-order valence-corrected chi connectivity index (χ4v) is 6.58. The molecule has 0 aromatic heterocycles. The normalized spacial score (nSPS) is 17.4. The van der Waals surface area contributed by atoms with Crippen LogP contribution < -0.4 is 10.6 Å². The van der Waals surface area contributed by atoms with E-state index in [1.54, 1.807) is 0 Å². The molecule has 0 amide bonds. The molecule has 0 aliphatic carbocycles. The van der Waals surface area contributed by atoms with Gasteiger partial charge in [-0.1, -0.05) is 72.8 Å². The van der Waals surface area contributed by atoms with E-state index >= 15 is 0 Å². The van der Waals surface area contributed by atoms with E-state index in [2.05, 4.69) is 12.2 Å². The Morgan fingerprint density at radius 1 is 0.867 bits per heavy atom. The molecule has 1 fully saturated rings. The molecule has 2 aromatic carbocycles. The molecule has 0 bridgehead atoms. The van der Waals surface area contributed by atoms with Crippen LogP contribution in [0, 0.1) is 0 Å². The van der Waals surface area contributed by atoms with Crippen LogP contribution in [0.4, 0.5) is 0 Å². The van der Waals surface area contributed by atoms with Gasteiger partial charge in [0, 0.05) is 30.0 Å². The fourth-order valence-electron chi connectivity index (χ4n) is 3.83. The highest BCUT2D eigenvalue weighted by molar-refractivity contribution is 7.78. The molecule has 4 heteroatoms. The lowest BCUT2D eigenvalue weighted by Gasteiger charge is -2.22. The Balaban J connectivity index is 1.37. The molecule has 2 aromatic rings. The first-order valence-corrected chi connectivity index (χ1v) is 13.3. The van der Waals surface area contributed by atoms with Crippen molar-refractivity contribution in [1.82, 2.24) is 0 Å². The van der Waals surface area contributed by atoms with Crippen molar-refractivity contribution < 1.29 is 14.0 Å². The zero-order chi connectivity index (χ0) is 20.9. The summed E-state index contributed by atoms with van der Waals surface area (Å²) in [4.78, 5) is 0. The van der Waals surface area contributed by atoms with E-state index in [1.165, 1.54) is 6.42 Å². The minimum atomic E-state index is -2.57. The van der Waals surface area contributed by atoms with E-state index in [1.807, 2.05) is 60.7 Å². The van der Waals surface area contributed by atoms with E-state index in [9.17, 15) is 4.57 Å². The highest BCUT2D eigenvalue weighted by atomic mass is 31.2. The second-order valence-electron chi connectivity index (χ2n) is 7.91. The average Bonchev–Trinajstić information content (AvgIpc) is 2.82. The number of rotatable bonds is 12. The van der Waals surface area contributed by atoms with Crippen molar-refractivity contribution in [2.45, 2.75) is 57.7 Å². The van der Waals surface area contributed by atoms with Crippen LogP contribution >= 0.6 is 7.14 Å². The van der Waals surface area contributed by atoms with Crippen molar-refractivity contribution in [3.8, 4) is 0 Å². The van der Waals surface area contributed by atoms with E-state index in [-0.39, 0.29) is 6.29 Å². The maximum absolute atomic E-state index is 13.9. The van der Waals surface area contributed by atoms with Gasteiger partial charge in [-0.3, -0.25) is 0 Å². The van der Waals surface area contributed by atoms with Crippen LogP contribution in [-0.2, 0) is 14.0 Å². The van der Waals surface area contributed by atoms with Crippen molar-refractivity contribution in [1.29, 1.82) is 0 Å². The largest absolute Gasteiger partial charge is 0.353 e. The van der Waals surface area contributed by atoms with Gasteiger partial charge in [0.1, 0.15) is 7.14 Å². The van der Waals surface area contributed by atoms with Gasteiger partial charge in [-0.25, -0.2) is 0 Å². The lowest BCUT2D eigenvalue weighted by molar-refractivity contribution is -0.162. The third-order valence-electron chi connectivity index (χ3n) is 5.56. The number of allylic oxidation sites excluding steroid dienone is 2. The molecule has 3 rings (SSSR count). The van der Waals surface area contributed by atoms with Crippen LogP contribution in [0.5, 0.6) is 0 Å². The van der Waals surface area contributed by atoms with Crippen LogP contribution in [0.1, 0.15) is 51.4 Å². The van der Waals surface area contributed by atoms with E-state index in [0.717, 1.165) is 68.8 Å². The SMILES string of the molecule is O=P(CCCC=CCCCCOC1CCCCO1)(c1ccccc1)c1ccccc1. The zero-order valence-corrected chi connectivity index (χ0v) is 18.9. The Morgan fingerprint density at radius 2 is 1.50 bits per heavy atom. The highest BCUT2D eigenvalue weighted by Gasteiger charge is 2.26. The molecule has 162 valence electrons. The van der Waals surface area contributed by atoms with Gasteiger partial charge in [0.25, 0.3) is 0 Å². The summed E-state index contributed by atoms with van der Waals surface area (Å²) < 4.78 is 25.3. The van der Waals surface area contributed by atoms with E-state index in [4.69, 9.17) is 9.47 Å². The first kappa shape index (κ1) is 23.0. The smallest absolute Gasteiger partial charge is 0.157 e. The molecule has 1 aliphatic rings. The van der Waals surface area contributed by atoms with Gasteiger partial charge < -0.3 is 14.0 Å². The maximum Gasteiger partial charge on any atom is 0.157 e. The molecule has 3 nitrogen and oxygen atoms in total. The van der Waals surface area contributed by atoms with Gasteiger partial charge >= 0.3 is 0 Å². The van der Waals surface area contributed by atoms with Gasteiger partial charge in [0.15, 0.2) is 6.29 Å². The molecule has 0 spiro atoms. The Morgan fingerprint density at radius 3 is 2.10 bits per heavy atom. The summed E-state index contributed by atoms with van der Waals surface area (Å²) in [6.07, 6.45) is 13.8. The number of ether oxygens (including phenoxy) is 2. The topological polar surface area (TPSA) is 35.5 Å². The Labute approximate surface area is 181 Å². The van der Waals surface area contributed by atoms with E-state index in [0.29, 0.717) is 6.16 Å². The van der Waals surface area contributed by atoms with E-state index < -0.39 is 7.14 Å². The molecular formula is C26H35O3P. The summed E-state index contributed by atoms with van der Waals surface area (Å²) in [6, 6.07) is 19.9. The van der Waals surface area contributed by atoms with Crippen molar-refractivity contribution in [2.75, 3.05) is 19.4 Å². The average molecular weight is 427 g/mol. The van der Waals surface area contributed by atoms with Crippen molar-refractivity contribution >= 4 is 17.8 Å². The highest BCUT2D eigenvalue weighted by Crippen LogP contribution is 2.44. The fraction of sp³-hybridized carbons (Fsp3) is 0.462. The Bertz CT molecular complexity index is 739. The Kier molecular flexibility index (Phi) is 9.89. The zero-order valence-electron chi connectivity index (χ0n) is 18.0. The number of hydrogen-bond acceptors (Lipinski definition) is 3. The monoisotopic (exact) mass is 426 g/mol. The third kappa shape index (κ3) is 7.23. The third-order valence-corrected chi connectivity index (χ3v) is 8.77. The maximum atomic E-state index is 13.9. The van der Waals surface area contributed by atoms with Crippen LogP contribution in [-0.4, -0.2) is 25.7 Å². The summed E-state index contributed by atoms with van der Waals surface area (Å²) in [7, 11) is -2.57. The van der Waals surface area contributed by atoms with Gasteiger partial charge in [-0.15, -0.1) is 0 Å². The second-order valence-corrected chi connectivity index (χ2v) is 10.9. The lowest BCUT2D eigenvalue weighted by atomic mass is 10.2. The lowest BCUT2D eigenvalue weighted by Crippen LogP contribution is -2.22. The number of benzene rings is 2. The van der Waals surface area contributed by atoms with Gasteiger partial charge in [0.05, 0.1) is 0 Å². The summed E-state index contributed by atoms with van der Waals surface area (Å²) in [5.74, 6) is 0. The standard InChI is InChI=1S/C26H35O3P/c27-30(24-16-8-6-9-17-24,25-18-10-7-11-19-25)23-15-5-3-1-2-4-13-21-28-26-20-12-14-22-29-26/h1,3,6-11,16-19,26H,2,4-5,12-15,20-23H2. The van der Waals surface area contributed by atoms with Gasteiger partial charge in [0.2, 0.25) is 0 Å². The first-order chi connectivity index (χ1) is 14.8. The van der Waals surface area contributed by atoms with Crippen molar-refractivity contribution in [2.24, 2.45) is 0 Å². The predicted molar refractivity (Wildman–Crippen MR) is 126 cm³/mol. The molecule has 0 saturated carbocycles. The molecule has 1 heterocycles. The quantitative estimate of drug-likeness (QED) is 0.235. The molecule has 30 heavy (non-hydrogen) atoms. The summed E-state index contributed by atoms with van der Waals surface area (Å²) in [5.41, 5.74) is 0. The molecule has 1 unspecified atom stereocenters. The van der Waals surface area contributed by atoms with Gasteiger partial charge in [-0.05, 0) is 51.4 Å². The molecule has 1 saturated heterocycles. The van der Waals surface area contributed by atoms with Gasteiger partial charge in [-0.2, -0.15) is 0 Å². The summed E-state index contributed by atoms with van der Waals surface area (Å²) in [6.45, 7) is 1.63. The van der Waals surface area contributed by atoms with Crippen molar-refractivity contribution in [3.05, 3.63) is 72.8 Å². The van der Waals surface area contributed by atoms with Crippen LogP contribution in [0.15, 0.2) is 72.8 Å². The van der Waals surface area contributed by atoms with Crippen LogP contribution in [0.3, 0.4) is 0 Å².